The molecule has 28 heavy (non-hydrogen) atoms. The van der Waals surface area contributed by atoms with Crippen LogP contribution in [0.3, 0.4) is 0 Å². The van der Waals surface area contributed by atoms with Gasteiger partial charge in [-0.3, -0.25) is 25.2 Å². The van der Waals surface area contributed by atoms with Gasteiger partial charge in [0.25, 0.3) is 11.4 Å². The van der Waals surface area contributed by atoms with Crippen LogP contribution in [0.15, 0.2) is 64.2 Å². The van der Waals surface area contributed by atoms with E-state index in [1.807, 2.05) is 0 Å². The monoisotopic (exact) mass is 378 g/mol. The van der Waals surface area contributed by atoms with Crippen LogP contribution in [0.2, 0.25) is 0 Å². The van der Waals surface area contributed by atoms with Crippen LogP contribution in [0, 0.1) is 20.2 Å². The number of benzene rings is 2. The Hall–Kier alpha value is -4.08. The lowest BCUT2D eigenvalue weighted by Gasteiger charge is -2.26. The van der Waals surface area contributed by atoms with Crippen LogP contribution in [-0.2, 0) is 0 Å². The van der Waals surface area contributed by atoms with E-state index >= 15 is 0 Å². The molecule has 0 aromatic heterocycles. The summed E-state index contributed by atoms with van der Waals surface area (Å²) < 4.78 is 11.7. The second-order valence-corrected chi connectivity index (χ2v) is 6.32. The Kier molecular flexibility index (Phi) is 3.29. The molecule has 3 aliphatic rings. The van der Waals surface area contributed by atoms with E-state index in [0.29, 0.717) is 27.9 Å². The second-order valence-electron chi connectivity index (χ2n) is 6.32. The zero-order chi connectivity index (χ0) is 19.4. The Balaban J connectivity index is 1.58. The van der Waals surface area contributed by atoms with Gasteiger partial charge in [-0.1, -0.05) is 0 Å². The topological polar surface area (TPSA) is 129 Å². The zero-order valence-electron chi connectivity index (χ0n) is 14.0. The smallest absolute Gasteiger partial charge is 0.273 e. The average Bonchev–Trinajstić information content (AvgIpc) is 2.68. The SMILES string of the molecule is O=[N+]([O-])C1=CC2Oc3cc4c(cc3=NC2C=C1)Oc1cc([N+](=O)[O-])ccc1N=4. The third kappa shape index (κ3) is 2.50. The van der Waals surface area contributed by atoms with Crippen molar-refractivity contribution in [2.24, 2.45) is 9.98 Å². The minimum absolute atomic E-state index is 0.0404. The van der Waals surface area contributed by atoms with Crippen molar-refractivity contribution < 1.29 is 19.3 Å². The first-order valence-corrected chi connectivity index (χ1v) is 8.26. The van der Waals surface area contributed by atoms with Crippen molar-refractivity contribution in [1.29, 1.82) is 0 Å². The summed E-state index contributed by atoms with van der Waals surface area (Å²) in [7, 11) is 0. The van der Waals surface area contributed by atoms with E-state index in [2.05, 4.69) is 9.98 Å². The second kappa shape index (κ2) is 5.71. The van der Waals surface area contributed by atoms with Gasteiger partial charge < -0.3 is 9.47 Å². The maximum absolute atomic E-state index is 11.0. The summed E-state index contributed by atoms with van der Waals surface area (Å²) >= 11 is 0. The summed E-state index contributed by atoms with van der Waals surface area (Å²) in [6.45, 7) is 0. The highest BCUT2D eigenvalue weighted by molar-refractivity contribution is 5.60. The fraction of sp³-hybridized carbons (Fsp3) is 0.111. The molecule has 0 saturated heterocycles. The Bertz CT molecular complexity index is 1250. The van der Waals surface area contributed by atoms with Crippen LogP contribution >= 0.6 is 0 Å². The van der Waals surface area contributed by atoms with E-state index in [-0.39, 0.29) is 23.2 Å². The Morgan fingerprint density at radius 2 is 1.79 bits per heavy atom. The highest BCUT2D eigenvalue weighted by Gasteiger charge is 2.30. The predicted molar refractivity (Wildman–Crippen MR) is 94.0 cm³/mol. The van der Waals surface area contributed by atoms with Crippen LogP contribution in [-0.4, -0.2) is 22.0 Å². The van der Waals surface area contributed by atoms with Crippen molar-refractivity contribution in [1.82, 2.24) is 0 Å². The molecule has 2 atom stereocenters. The molecule has 1 aliphatic carbocycles. The summed E-state index contributed by atoms with van der Waals surface area (Å²) in [4.78, 5) is 30.0. The average molecular weight is 378 g/mol. The lowest BCUT2D eigenvalue weighted by Crippen LogP contribution is -2.38. The molecule has 10 heteroatoms. The first-order chi connectivity index (χ1) is 13.5. The largest absolute Gasteiger partial charge is 0.481 e. The molecule has 2 aromatic carbocycles. The van der Waals surface area contributed by atoms with Gasteiger partial charge in [-0.05, 0) is 12.1 Å². The number of rotatable bonds is 2. The third-order valence-corrected chi connectivity index (χ3v) is 4.55. The number of nitrogens with zero attached hydrogens (tertiary/aromatic N) is 4. The summed E-state index contributed by atoms with van der Waals surface area (Å²) in [5.74, 6) is 1.12. The molecule has 0 fully saturated rings. The molecule has 0 bridgehead atoms. The van der Waals surface area contributed by atoms with Crippen LogP contribution in [0.25, 0.3) is 0 Å². The van der Waals surface area contributed by atoms with Gasteiger partial charge in [0, 0.05) is 30.4 Å². The molecule has 0 N–H and O–H groups in total. The zero-order valence-corrected chi connectivity index (χ0v) is 14.0. The number of hydrogen-bond acceptors (Lipinski definition) is 8. The highest BCUT2D eigenvalue weighted by atomic mass is 16.6. The molecule has 2 heterocycles. The maximum atomic E-state index is 11.0. The Morgan fingerprint density at radius 1 is 0.964 bits per heavy atom. The molecular weight excluding hydrogens is 368 g/mol. The number of ether oxygens (including phenoxy) is 2. The van der Waals surface area contributed by atoms with Crippen molar-refractivity contribution >= 4 is 11.4 Å². The number of fused-ring (bicyclic) bond motifs is 4. The number of allylic oxidation sites excluding steroid dienone is 1. The highest BCUT2D eigenvalue weighted by Crippen LogP contribution is 2.36. The Labute approximate surface area is 156 Å². The van der Waals surface area contributed by atoms with E-state index in [9.17, 15) is 20.2 Å². The van der Waals surface area contributed by atoms with E-state index in [1.54, 1.807) is 18.2 Å². The Morgan fingerprint density at radius 3 is 2.57 bits per heavy atom. The minimum atomic E-state index is -0.574. The third-order valence-electron chi connectivity index (χ3n) is 4.55. The molecule has 2 unspecified atom stereocenters. The number of nitro groups is 2. The molecule has 0 amide bonds. The summed E-state index contributed by atoms with van der Waals surface area (Å²) in [5, 5.41) is 22.9. The van der Waals surface area contributed by atoms with E-state index in [1.165, 1.54) is 30.4 Å². The lowest BCUT2D eigenvalue weighted by molar-refractivity contribution is -0.419. The van der Waals surface area contributed by atoms with Crippen molar-refractivity contribution in [3.8, 4) is 17.2 Å². The van der Waals surface area contributed by atoms with Crippen molar-refractivity contribution in [3.05, 3.63) is 85.2 Å². The minimum Gasteiger partial charge on any atom is -0.481 e. The predicted octanol–water partition coefficient (Wildman–Crippen LogP) is 2.13. The molecule has 2 aromatic rings. The lowest BCUT2D eigenvalue weighted by atomic mass is 10.0. The van der Waals surface area contributed by atoms with E-state index in [0.717, 1.165) is 0 Å². The van der Waals surface area contributed by atoms with Gasteiger partial charge in [-0.2, -0.15) is 0 Å². The maximum Gasteiger partial charge on any atom is 0.273 e. The van der Waals surface area contributed by atoms with Crippen molar-refractivity contribution in [2.45, 2.75) is 12.1 Å². The molecular formula is C18H10N4O6. The van der Waals surface area contributed by atoms with Crippen molar-refractivity contribution in [2.75, 3.05) is 0 Å². The van der Waals surface area contributed by atoms with Gasteiger partial charge in [0.05, 0.1) is 15.9 Å². The normalized spacial score (nSPS) is 20.5. The molecule has 0 spiro atoms. The molecule has 0 saturated carbocycles. The number of hydrogen-bond donors (Lipinski definition) is 0. The molecule has 2 aliphatic heterocycles. The van der Waals surface area contributed by atoms with Gasteiger partial charge in [0.2, 0.25) is 0 Å². The van der Waals surface area contributed by atoms with Crippen LogP contribution in [0.5, 0.6) is 17.2 Å². The first-order valence-electron chi connectivity index (χ1n) is 8.26. The van der Waals surface area contributed by atoms with E-state index in [4.69, 9.17) is 9.47 Å². The fourth-order valence-corrected chi connectivity index (χ4v) is 3.22. The number of nitro benzene ring substituents is 1. The molecule has 10 nitrogen and oxygen atoms in total. The summed E-state index contributed by atoms with van der Waals surface area (Å²) in [5.41, 5.74) is 0.327. The van der Waals surface area contributed by atoms with Gasteiger partial charge in [0.1, 0.15) is 34.3 Å². The molecule has 0 radical (unpaired) electrons. The van der Waals surface area contributed by atoms with Crippen LogP contribution in [0.4, 0.5) is 11.4 Å². The van der Waals surface area contributed by atoms with Crippen LogP contribution in [0.1, 0.15) is 0 Å². The fourth-order valence-electron chi connectivity index (χ4n) is 3.22. The standard InChI is InChI=1S/C18H10N4O6/c23-21(24)9-1-3-11-15(5-9)27-17-8-14-18(7-13(17)19-11)28-16-6-10(22(25)26)2-4-12(16)20-14/h1-8,11,15H. The molecule has 138 valence electrons. The van der Waals surface area contributed by atoms with Crippen LogP contribution < -0.4 is 20.2 Å². The van der Waals surface area contributed by atoms with Crippen molar-refractivity contribution in [3.63, 3.8) is 0 Å². The van der Waals surface area contributed by atoms with Gasteiger partial charge >= 0.3 is 0 Å². The number of non-ortho nitro benzene ring substituents is 1. The first kappa shape index (κ1) is 16.1. The summed E-state index contributed by atoms with van der Waals surface area (Å²) in [6, 6.07) is 7.08. The van der Waals surface area contributed by atoms with Gasteiger partial charge in [0.15, 0.2) is 11.5 Å². The quantitative estimate of drug-likeness (QED) is 0.496. The molecule has 5 rings (SSSR count). The van der Waals surface area contributed by atoms with Gasteiger partial charge in [-0.25, -0.2) is 4.99 Å². The van der Waals surface area contributed by atoms with Gasteiger partial charge in [-0.15, -0.1) is 0 Å². The van der Waals surface area contributed by atoms with E-state index < -0.39 is 16.0 Å². The summed E-state index contributed by atoms with van der Waals surface area (Å²) in [6.07, 6.45) is 3.88.